The quantitative estimate of drug-likeness (QED) is 0.198. The van der Waals surface area contributed by atoms with Crippen molar-refractivity contribution in [3.05, 3.63) is 35.8 Å². The Morgan fingerprint density at radius 3 is 2.68 bits per heavy atom. The van der Waals surface area contributed by atoms with Gasteiger partial charge in [0.1, 0.15) is 18.0 Å². The van der Waals surface area contributed by atoms with Crippen molar-refractivity contribution in [3.63, 3.8) is 0 Å². The molecule has 3 aromatic rings. The number of carbonyl (C=O) groups excluding carboxylic acids is 1. The van der Waals surface area contributed by atoms with Gasteiger partial charge in [0.2, 0.25) is 0 Å². The van der Waals surface area contributed by atoms with Crippen LogP contribution in [-0.2, 0) is 28.2 Å². The number of hydrogen-bond donors (Lipinski definition) is 0. The second kappa shape index (κ2) is 10.3. The molecule has 3 aliphatic rings. The van der Waals surface area contributed by atoms with Crippen molar-refractivity contribution >= 4 is 25.2 Å². The summed E-state index contributed by atoms with van der Waals surface area (Å²) in [5.41, 5.74) is 4.45. The van der Waals surface area contributed by atoms with E-state index < -0.39 is 13.7 Å². The monoisotopic (exact) mass is 573 g/mol. The molecule has 0 bridgehead atoms. The minimum absolute atomic E-state index is 0.0723. The van der Waals surface area contributed by atoms with Gasteiger partial charge in [-0.1, -0.05) is 11.8 Å². The third-order valence-electron chi connectivity index (χ3n) is 8.36. The standard InChI is InChI=1S/C32H43N5O3Si/c1-31(2,3)40-30(38)35-13-11-32(21-35)12-14-37-28(32)18-27(34-37)25-17-26-24(10-9-23-7-8-23)20-36(29(26)33-19-25)22-39-15-16-41(4,5)6/h17-20,23H,7-8,11-16,21-22H2,1-6H3/q-1. The molecule has 2 aliphatic heterocycles. The Labute approximate surface area is 244 Å². The molecule has 2 fully saturated rings. The largest absolute Gasteiger partial charge is 0.444 e. The normalized spacial score (nSPS) is 20.5. The summed E-state index contributed by atoms with van der Waals surface area (Å²) >= 11 is 0. The molecule has 1 atom stereocenters. The van der Waals surface area contributed by atoms with E-state index in [1.54, 1.807) is 0 Å². The Morgan fingerprint density at radius 1 is 1.17 bits per heavy atom. The molecule has 1 aliphatic carbocycles. The summed E-state index contributed by atoms with van der Waals surface area (Å²) in [5.74, 6) is 7.39. The highest BCUT2D eigenvalue weighted by molar-refractivity contribution is 6.76. The highest BCUT2D eigenvalue weighted by Crippen LogP contribution is 2.44. The fraction of sp³-hybridized carbons (Fsp3) is 0.594. The third-order valence-corrected chi connectivity index (χ3v) is 10.1. The molecule has 41 heavy (non-hydrogen) atoms. The van der Waals surface area contributed by atoms with Gasteiger partial charge in [0.25, 0.3) is 0 Å². The second-order valence-electron chi connectivity index (χ2n) is 14.3. The van der Waals surface area contributed by atoms with Crippen LogP contribution < -0.4 is 0 Å². The molecule has 3 aromatic heterocycles. The molecule has 6 rings (SSSR count). The van der Waals surface area contributed by atoms with E-state index in [1.165, 1.54) is 18.5 Å². The Morgan fingerprint density at radius 2 is 1.95 bits per heavy atom. The Hall–Kier alpha value is -3.09. The second-order valence-corrected chi connectivity index (χ2v) is 19.9. The number of amides is 1. The lowest BCUT2D eigenvalue weighted by Gasteiger charge is -2.26. The Kier molecular flexibility index (Phi) is 7.06. The summed E-state index contributed by atoms with van der Waals surface area (Å²) < 4.78 is 16.0. The average Bonchev–Trinajstić information content (AvgIpc) is 3.22. The van der Waals surface area contributed by atoms with Crippen LogP contribution in [-0.4, -0.2) is 63.7 Å². The minimum atomic E-state index is -1.15. The fourth-order valence-electron chi connectivity index (χ4n) is 5.83. The molecule has 1 spiro atoms. The van der Waals surface area contributed by atoms with Crippen molar-refractivity contribution in [2.45, 2.75) is 96.4 Å². The van der Waals surface area contributed by atoms with Gasteiger partial charge in [-0.25, -0.2) is 9.78 Å². The first kappa shape index (κ1) is 28.0. The molecular formula is C32H43N5O3Si-. The number of aryl methyl sites for hydroxylation is 1. The van der Waals surface area contributed by atoms with E-state index in [0.717, 1.165) is 59.9 Å². The van der Waals surface area contributed by atoms with Crippen molar-refractivity contribution in [1.82, 2.24) is 24.2 Å². The third kappa shape index (κ3) is 6.09. The van der Waals surface area contributed by atoms with Crippen LogP contribution in [0.3, 0.4) is 0 Å². The van der Waals surface area contributed by atoms with Crippen LogP contribution in [0.15, 0.2) is 24.5 Å². The fourth-order valence-corrected chi connectivity index (χ4v) is 6.59. The van der Waals surface area contributed by atoms with Crippen molar-refractivity contribution in [3.8, 4) is 23.1 Å². The van der Waals surface area contributed by atoms with Gasteiger partial charge in [-0.2, -0.15) is 24.7 Å². The van der Waals surface area contributed by atoms with Crippen LogP contribution in [0, 0.1) is 17.8 Å². The van der Waals surface area contributed by atoms with Crippen LogP contribution in [0.2, 0.25) is 25.7 Å². The Balaban J connectivity index is 1.25. The number of rotatable bonds is 6. The highest BCUT2D eigenvalue weighted by Gasteiger charge is 2.47. The molecule has 5 heterocycles. The van der Waals surface area contributed by atoms with Gasteiger partial charge in [-0.05, 0) is 58.6 Å². The molecule has 8 nitrogen and oxygen atoms in total. The van der Waals surface area contributed by atoms with Crippen molar-refractivity contribution in [2.24, 2.45) is 5.92 Å². The molecular weight excluding hydrogens is 530 g/mol. The van der Waals surface area contributed by atoms with Crippen LogP contribution in [0.4, 0.5) is 4.79 Å². The van der Waals surface area contributed by atoms with Gasteiger partial charge in [0.15, 0.2) is 0 Å². The first-order valence-electron chi connectivity index (χ1n) is 15.0. The van der Waals surface area contributed by atoms with Gasteiger partial charge >= 0.3 is 6.09 Å². The number of ether oxygens (including phenoxy) is 2. The predicted molar refractivity (Wildman–Crippen MR) is 163 cm³/mol. The van der Waals surface area contributed by atoms with Gasteiger partial charge in [0.05, 0.1) is 11.3 Å². The van der Waals surface area contributed by atoms with E-state index >= 15 is 0 Å². The van der Waals surface area contributed by atoms with E-state index in [0.29, 0.717) is 25.7 Å². The zero-order valence-corrected chi connectivity index (χ0v) is 26.4. The first-order valence-corrected chi connectivity index (χ1v) is 18.7. The maximum absolute atomic E-state index is 12.8. The molecule has 0 radical (unpaired) electrons. The van der Waals surface area contributed by atoms with Crippen LogP contribution in [0.25, 0.3) is 22.3 Å². The highest BCUT2D eigenvalue weighted by atomic mass is 28.3. The Bertz CT molecular complexity index is 1530. The summed E-state index contributed by atoms with van der Waals surface area (Å²) in [5, 5.41) is 6.04. The summed E-state index contributed by atoms with van der Waals surface area (Å²) in [4.78, 5) is 19.5. The number of carbonyl (C=O) groups is 1. The summed E-state index contributed by atoms with van der Waals surface area (Å²) in [6, 6.07) is 5.53. The van der Waals surface area contributed by atoms with E-state index in [2.05, 4.69) is 59.1 Å². The topological polar surface area (TPSA) is 74.4 Å². The predicted octanol–water partition coefficient (Wildman–Crippen LogP) is 6.26. The van der Waals surface area contributed by atoms with Crippen LogP contribution in [0.1, 0.15) is 57.7 Å². The number of nitrogens with zero attached hydrogens (tertiary/aromatic N) is 5. The van der Waals surface area contributed by atoms with Gasteiger partial charge in [-0.3, -0.25) is 4.68 Å². The van der Waals surface area contributed by atoms with Crippen molar-refractivity contribution < 1.29 is 14.3 Å². The summed E-state index contributed by atoms with van der Waals surface area (Å²) in [6.07, 6.45) is 8.10. The molecule has 9 heteroatoms. The lowest BCUT2D eigenvalue weighted by Crippen LogP contribution is -2.37. The lowest BCUT2D eigenvalue weighted by molar-refractivity contribution is 0.0284. The smallest absolute Gasteiger partial charge is 0.410 e. The number of likely N-dealkylation sites (tertiary alicyclic amines) is 1. The number of pyridine rings is 1. The average molecular weight is 574 g/mol. The summed E-state index contributed by atoms with van der Waals surface area (Å²) in [6.45, 7) is 16.3. The number of fused-ring (bicyclic) bond motifs is 3. The minimum Gasteiger partial charge on any atom is -0.444 e. The maximum atomic E-state index is 12.8. The van der Waals surface area contributed by atoms with Crippen LogP contribution >= 0.6 is 0 Å². The molecule has 219 valence electrons. The number of aromatic nitrogens is 4. The van der Waals surface area contributed by atoms with Gasteiger partial charge in [0, 0.05) is 66.6 Å². The van der Waals surface area contributed by atoms with Gasteiger partial charge < -0.3 is 18.9 Å². The SMILES string of the molecule is CC(C)(C)OC(=O)N1CCC2(CCn3nc(-c4cnc5c(c4)c(C#CC4CC4)cn5COCC[Si-](C)(C)C)cc32)C1. The van der Waals surface area contributed by atoms with E-state index in [1.807, 2.05) is 31.9 Å². The van der Waals surface area contributed by atoms with Crippen molar-refractivity contribution in [2.75, 3.05) is 19.7 Å². The molecule has 0 N–H and O–H groups in total. The molecule has 0 aromatic carbocycles. The molecule has 1 unspecified atom stereocenters. The van der Waals surface area contributed by atoms with Crippen molar-refractivity contribution in [1.29, 1.82) is 0 Å². The number of hydrogen-bond acceptors (Lipinski definition) is 5. The summed E-state index contributed by atoms with van der Waals surface area (Å²) in [7, 11) is -1.15. The van der Waals surface area contributed by atoms with Gasteiger partial charge in [-0.15, -0.1) is 14.1 Å². The maximum Gasteiger partial charge on any atom is 0.410 e. The first-order chi connectivity index (χ1) is 19.4. The van der Waals surface area contributed by atoms with Crippen LogP contribution in [0.5, 0.6) is 0 Å². The van der Waals surface area contributed by atoms with E-state index in [4.69, 9.17) is 19.6 Å². The van der Waals surface area contributed by atoms with E-state index in [9.17, 15) is 4.79 Å². The zero-order chi connectivity index (χ0) is 29.0. The molecule has 1 saturated heterocycles. The molecule has 1 saturated carbocycles. The lowest BCUT2D eigenvalue weighted by atomic mass is 9.82. The van der Waals surface area contributed by atoms with E-state index in [-0.39, 0.29) is 11.5 Å². The molecule has 1 amide bonds. The zero-order valence-electron chi connectivity index (χ0n) is 25.4.